The average molecular weight is 357 g/mol. The van der Waals surface area contributed by atoms with Gasteiger partial charge in [-0.05, 0) is 42.6 Å². The molecule has 0 aliphatic rings. The van der Waals surface area contributed by atoms with E-state index in [1.165, 1.54) is 11.3 Å². The highest BCUT2D eigenvalue weighted by molar-refractivity contribution is 7.13. The maximum absolute atomic E-state index is 12.2. The van der Waals surface area contributed by atoms with E-state index in [1.54, 1.807) is 36.6 Å². The number of benzene rings is 1. The molecule has 0 radical (unpaired) electrons. The van der Waals surface area contributed by atoms with E-state index in [-0.39, 0.29) is 11.8 Å². The van der Waals surface area contributed by atoms with Gasteiger partial charge in [-0.3, -0.25) is 9.59 Å². The molecule has 2 N–H and O–H groups in total. The van der Waals surface area contributed by atoms with Gasteiger partial charge in [0.25, 0.3) is 5.91 Å². The molecule has 0 aliphatic heterocycles. The zero-order valence-electron chi connectivity index (χ0n) is 12.9. The zero-order valence-corrected chi connectivity index (χ0v) is 14.5. The lowest BCUT2D eigenvalue weighted by atomic mass is 10.2. The maximum atomic E-state index is 12.2. The van der Waals surface area contributed by atoms with Crippen molar-refractivity contribution in [2.75, 3.05) is 5.32 Å². The quantitative estimate of drug-likeness (QED) is 0.732. The number of carbonyl (C=O) groups is 2. The molecule has 2 heterocycles. The topological polar surface area (TPSA) is 71.1 Å². The van der Waals surface area contributed by atoms with Crippen LogP contribution in [0.2, 0.25) is 0 Å². The SMILES string of the molecule is CC(NC(=O)c1cccs1)C(=O)Nc1ccc(-c2nccs2)cc1. The van der Waals surface area contributed by atoms with Gasteiger partial charge >= 0.3 is 0 Å². The van der Waals surface area contributed by atoms with Crippen LogP contribution in [0.3, 0.4) is 0 Å². The lowest BCUT2D eigenvalue weighted by molar-refractivity contribution is -0.117. The molecule has 1 aromatic carbocycles. The molecule has 3 aromatic rings. The Hall–Kier alpha value is -2.51. The Bertz CT molecular complexity index is 812. The normalized spacial score (nSPS) is 11.7. The highest BCUT2D eigenvalue weighted by Crippen LogP contribution is 2.23. The molecule has 0 fully saturated rings. The number of hydrogen-bond donors (Lipinski definition) is 2. The van der Waals surface area contributed by atoms with Crippen LogP contribution in [-0.4, -0.2) is 22.8 Å². The number of aromatic nitrogens is 1. The van der Waals surface area contributed by atoms with Gasteiger partial charge in [0, 0.05) is 22.8 Å². The molecule has 1 atom stereocenters. The fourth-order valence-electron chi connectivity index (χ4n) is 2.05. The van der Waals surface area contributed by atoms with E-state index in [2.05, 4.69) is 15.6 Å². The zero-order chi connectivity index (χ0) is 16.9. The molecule has 24 heavy (non-hydrogen) atoms. The third-order valence-electron chi connectivity index (χ3n) is 3.32. The predicted molar refractivity (Wildman–Crippen MR) is 97.4 cm³/mol. The minimum atomic E-state index is -0.627. The third kappa shape index (κ3) is 3.87. The van der Waals surface area contributed by atoms with Crippen molar-refractivity contribution in [3.63, 3.8) is 0 Å². The van der Waals surface area contributed by atoms with E-state index in [0.717, 1.165) is 10.6 Å². The first-order valence-corrected chi connectivity index (χ1v) is 9.04. The summed E-state index contributed by atoms with van der Waals surface area (Å²) in [5.41, 5.74) is 1.68. The van der Waals surface area contributed by atoms with Gasteiger partial charge in [-0.1, -0.05) is 6.07 Å². The second-order valence-corrected chi connectivity index (χ2v) is 6.92. The van der Waals surface area contributed by atoms with Crippen LogP contribution in [0.25, 0.3) is 10.6 Å². The van der Waals surface area contributed by atoms with Crippen LogP contribution >= 0.6 is 22.7 Å². The van der Waals surface area contributed by atoms with Gasteiger partial charge in [0.05, 0.1) is 4.88 Å². The van der Waals surface area contributed by atoms with Crippen LogP contribution in [0.1, 0.15) is 16.6 Å². The number of amides is 2. The minimum Gasteiger partial charge on any atom is -0.340 e. The molecule has 0 saturated heterocycles. The molecule has 1 unspecified atom stereocenters. The van der Waals surface area contributed by atoms with Gasteiger partial charge in [-0.15, -0.1) is 22.7 Å². The first kappa shape index (κ1) is 16.4. The fraction of sp³-hybridized carbons (Fsp3) is 0.118. The summed E-state index contributed by atoms with van der Waals surface area (Å²) in [5, 5.41) is 10.2. The van der Waals surface area contributed by atoms with Gasteiger partial charge in [0.15, 0.2) is 0 Å². The van der Waals surface area contributed by atoms with Crippen LogP contribution in [0.4, 0.5) is 5.69 Å². The number of thiazole rings is 1. The first-order valence-electron chi connectivity index (χ1n) is 7.28. The summed E-state index contributed by atoms with van der Waals surface area (Å²) in [5.74, 6) is -0.506. The van der Waals surface area contributed by atoms with Gasteiger partial charge in [0.1, 0.15) is 11.0 Å². The Balaban J connectivity index is 1.59. The number of nitrogens with zero attached hydrogens (tertiary/aromatic N) is 1. The predicted octanol–water partition coefficient (Wildman–Crippen LogP) is 3.63. The number of carbonyl (C=O) groups excluding carboxylic acids is 2. The Morgan fingerprint density at radius 3 is 2.50 bits per heavy atom. The molecule has 3 rings (SSSR count). The van der Waals surface area contributed by atoms with E-state index in [9.17, 15) is 9.59 Å². The summed E-state index contributed by atoms with van der Waals surface area (Å²) < 4.78 is 0. The van der Waals surface area contributed by atoms with Gasteiger partial charge in [-0.2, -0.15) is 0 Å². The minimum absolute atomic E-state index is 0.244. The highest BCUT2D eigenvalue weighted by Gasteiger charge is 2.17. The number of nitrogens with one attached hydrogen (secondary N) is 2. The van der Waals surface area contributed by atoms with Crippen molar-refractivity contribution < 1.29 is 9.59 Å². The molecule has 122 valence electrons. The van der Waals surface area contributed by atoms with Crippen LogP contribution < -0.4 is 10.6 Å². The summed E-state index contributed by atoms with van der Waals surface area (Å²) in [7, 11) is 0. The van der Waals surface area contributed by atoms with Crippen molar-refractivity contribution in [1.29, 1.82) is 0 Å². The van der Waals surface area contributed by atoms with Crippen molar-refractivity contribution in [1.82, 2.24) is 10.3 Å². The van der Waals surface area contributed by atoms with Crippen molar-refractivity contribution in [2.24, 2.45) is 0 Å². The smallest absolute Gasteiger partial charge is 0.261 e. The summed E-state index contributed by atoms with van der Waals surface area (Å²) in [6.45, 7) is 1.66. The maximum Gasteiger partial charge on any atom is 0.261 e. The standard InChI is InChI=1S/C17H15N3O2S2/c1-11(19-16(22)14-3-2-9-23-14)15(21)20-13-6-4-12(5-7-13)17-18-8-10-24-17/h2-11H,1H3,(H,19,22)(H,20,21). The Kier molecular flexibility index (Phi) is 5.02. The van der Waals surface area contributed by atoms with Gasteiger partial charge in [-0.25, -0.2) is 4.98 Å². The van der Waals surface area contributed by atoms with Crippen molar-refractivity contribution in [3.8, 4) is 10.6 Å². The fourth-order valence-corrected chi connectivity index (χ4v) is 3.33. The van der Waals surface area contributed by atoms with Crippen LogP contribution in [-0.2, 0) is 4.79 Å². The first-order chi connectivity index (χ1) is 11.6. The van der Waals surface area contributed by atoms with E-state index in [1.807, 2.05) is 35.0 Å². The molecule has 2 aromatic heterocycles. The molecular weight excluding hydrogens is 342 g/mol. The molecule has 0 spiro atoms. The molecule has 0 saturated carbocycles. The molecule has 5 nitrogen and oxygen atoms in total. The number of anilines is 1. The average Bonchev–Trinajstić information content (AvgIpc) is 3.29. The van der Waals surface area contributed by atoms with E-state index in [4.69, 9.17) is 0 Å². The lowest BCUT2D eigenvalue weighted by Crippen LogP contribution is -2.41. The van der Waals surface area contributed by atoms with Crippen molar-refractivity contribution in [3.05, 3.63) is 58.2 Å². The molecule has 0 bridgehead atoms. The summed E-state index contributed by atoms with van der Waals surface area (Å²) in [6, 6.07) is 10.4. The molecule has 0 aliphatic carbocycles. The van der Waals surface area contributed by atoms with E-state index >= 15 is 0 Å². The van der Waals surface area contributed by atoms with Crippen LogP contribution in [0.15, 0.2) is 53.4 Å². The van der Waals surface area contributed by atoms with Crippen molar-refractivity contribution in [2.45, 2.75) is 13.0 Å². The van der Waals surface area contributed by atoms with Crippen molar-refractivity contribution >= 4 is 40.2 Å². The summed E-state index contributed by atoms with van der Waals surface area (Å²) in [6.07, 6.45) is 1.76. The van der Waals surface area contributed by atoms with Gasteiger partial charge < -0.3 is 10.6 Å². The van der Waals surface area contributed by atoms with E-state index in [0.29, 0.717) is 10.6 Å². The summed E-state index contributed by atoms with van der Waals surface area (Å²) in [4.78, 5) is 29.0. The van der Waals surface area contributed by atoms with Crippen LogP contribution in [0.5, 0.6) is 0 Å². The number of rotatable bonds is 5. The largest absolute Gasteiger partial charge is 0.340 e. The second kappa shape index (κ2) is 7.37. The Labute approximate surface area is 147 Å². The van der Waals surface area contributed by atoms with E-state index < -0.39 is 6.04 Å². The Morgan fingerprint density at radius 1 is 1.08 bits per heavy atom. The summed E-state index contributed by atoms with van der Waals surface area (Å²) >= 11 is 2.90. The molecular formula is C17H15N3O2S2. The Morgan fingerprint density at radius 2 is 1.88 bits per heavy atom. The monoisotopic (exact) mass is 357 g/mol. The number of hydrogen-bond acceptors (Lipinski definition) is 5. The molecule has 2 amide bonds. The lowest BCUT2D eigenvalue weighted by Gasteiger charge is -2.13. The van der Waals surface area contributed by atoms with Gasteiger partial charge in [0.2, 0.25) is 5.91 Å². The molecule has 7 heteroatoms. The number of thiophene rings is 1. The van der Waals surface area contributed by atoms with Crippen LogP contribution in [0, 0.1) is 0 Å². The highest BCUT2D eigenvalue weighted by atomic mass is 32.1. The third-order valence-corrected chi connectivity index (χ3v) is 5.01. The second-order valence-electron chi connectivity index (χ2n) is 5.08.